The van der Waals surface area contributed by atoms with Gasteiger partial charge in [0.25, 0.3) is 0 Å². The van der Waals surface area contributed by atoms with Crippen LogP contribution in [-0.2, 0) is 4.79 Å². The molecule has 1 aliphatic rings. The summed E-state index contributed by atoms with van der Waals surface area (Å²) < 4.78 is 2.02. The number of nitrogens with one attached hydrogen (secondary N) is 1. The van der Waals surface area contributed by atoms with Crippen molar-refractivity contribution in [2.24, 2.45) is 0 Å². The molecule has 1 aliphatic heterocycles. The molecular formula is C19H20ClN5O. The number of benzene rings is 2. The van der Waals surface area contributed by atoms with Gasteiger partial charge in [0, 0.05) is 13.1 Å². The predicted octanol–water partition coefficient (Wildman–Crippen LogP) is 3.36. The molecule has 0 radical (unpaired) electrons. The first-order chi connectivity index (χ1) is 12.7. The molecule has 1 fully saturated rings. The molecule has 3 aromatic rings. The average molecular weight is 370 g/mol. The fraction of sp³-hybridized carbons (Fsp3) is 0.316. The summed E-state index contributed by atoms with van der Waals surface area (Å²) in [6.07, 6.45) is 1.90. The maximum atomic E-state index is 12.3. The Labute approximate surface area is 156 Å². The normalized spacial score (nSPS) is 16.0. The first kappa shape index (κ1) is 17.0. The molecule has 4 rings (SSSR count). The van der Waals surface area contributed by atoms with Gasteiger partial charge >= 0.3 is 0 Å². The number of hydrogen-bond acceptors (Lipinski definition) is 4. The number of carbonyl (C=O) groups is 1. The summed E-state index contributed by atoms with van der Waals surface area (Å²) in [6, 6.07) is 15.6. The van der Waals surface area contributed by atoms with Crippen LogP contribution in [0.3, 0.4) is 0 Å². The highest BCUT2D eigenvalue weighted by atomic mass is 35.5. The Morgan fingerprint density at radius 1 is 1.12 bits per heavy atom. The van der Waals surface area contributed by atoms with Crippen molar-refractivity contribution in [3.05, 3.63) is 53.6 Å². The number of fused-ring (bicyclic) bond motifs is 1. The number of halogens is 1. The number of piperidine rings is 1. The predicted molar refractivity (Wildman–Crippen MR) is 102 cm³/mol. The van der Waals surface area contributed by atoms with Crippen LogP contribution in [0.5, 0.6) is 0 Å². The van der Waals surface area contributed by atoms with E-state index in [9.17, 15) is 4.79 Å². The molecule has 2 aromatic carbocycles. The van der Waals surface area contributed by atoms with E-state index in [1.54, 1.807) is 6.07 Å². The number of rotatable bonds is 4. The monoisotopic (exact) mass is 369 g/mol. The summed E-state index contributed by atoms with van der Waals surface area (Å²) in [5.74, 6) is -0.0391. The lowest BCUT2D eigenvalue weighted by Gasteiger charge is -2.31. The van der Waals surface area contributed by atoms with E-state index in [0.29, 0.717) is 23.3 Å². The molecule has 0 aliphatic carbocycles. The van der Waals surface area contributed by atoms with E-state index in [-0.39, 0.29) is 5.91 Å². The minimum Gasteiger partial charge on any atom is -0.324 e. The number of anilines is 1. The van der Waals surface area contributed by atoms with Gasteiger partial charge in [-0.25, -0.2) is 4.68 Å². The summed E-state index contributed by atoms with van der Waals surface area (Å²) in [6.45, 7) is 2.08. The number of amides is 1. The molecule has 0 spiro atoms. The lowest BCUT2D eigenvalue weighted by Crippen LogP contribution is -2.39. The maximum Gasteiger partial charge on any atom is 0.238 e. The van der Waals surface area contributed by atoms with Crippen molar-refractivity contribution in [3.63, 3.8) is 0 Å². The number of para-hydroxylation sites is 2. The summed E-state index contributed by atoms with van der Waals surface area (Å²) in [7, 11) is 0. The quantitative estimate of drug-likeness (QED) is 0.766. The van der Waals surface area contributed by atoms with E-state index in [1.165, 1.54) is 0 Å². The fourth-order valence-corrected chi connectivity index (χ4v) is 3.62. The zero-order chi connectivity index (χ0) is 17.9. The molecule has 0 bridgehead atoms. The van der Waals surface area contributed by atoms with Gasteiger partial charge in [-0.1, -0.05) is 41.1 Å². The van der Waals surface area contributed by atoms with Crippen molar-refractivity contribution in [2.45, 2.75) is 18.9 Å². The van der Waals surface area contributed by atoms with Gasteiger partial charge in [0.15, 0.2) is 0 Å². The van der Waals surface area contributed by atoms with Crippen LogP contribution in [-0.4, -0.2) is 45.4 Å². The van der Waals surface area contributed by atoms with E-state index in [2.05, 4.69) is 26.6 Å². The molecule has 1 N–H and O–H groups in total. The van der Waals surface area contributed by atoms with Crippen LogP contribution in [0, 0.1) is 0 Å². The molecule has 0 unspecified atom stereocenters. The largest absolute Gasteiger partial charge is 0.324 e. The van der Waals surface area contributed by atoms with Gasteiger partial charge < -0.3 is 5.32 Å². The minimum absolute atomic E-state index is 0.0391. The van der Waals surface area contributed by atoms with Gasteiger partial charge in [-0.05, 0) is 37.1 Å². The van der Waals surface area contributed by atoms with Gasteiger partial charge in [0.1, 0.15) is 5.52 Å². The standard InChI is InChI=1S/C19H20ClN5O/c20-15-5-1-2-6-16(15)21-19(26)13-24-11-9-14(10-12-24)25-18-8-4-3-7-17(18)22-23-25/h1-8,14H,9-13H2,(H,21,26). The second kappa shape index (κ2) is 7.43. The van der Waals surface area contributed by atoms with Gasteiger partial charge in [0.05, 0.1) is 28.8 Å². The van der Waals surface area contributed by atoms with Crippen LogP contribution >= 0.6 is 11.6 Å². The van der Waals surface area contributed by atoms with Crippen LogP contribution in [0.4, 0.5) is 5.69 Å². The minimum atomic E-state index is -0.0391. The summed E-state index contributed by atoms with van der Waals surface area (Å²) in [5.41, 5.74) is 2.65. The van der Waals surface area contributed by atoms with Crippen molar-refractivity contribution >= 4 is 34.2 Å². The first-order valence-electron chi connectivity index (χ1n) is 8.77. The summed E-state index contributed by atoms with van der Waals surface area (Å²) >= 11 is 6.09. The number of nitrogens with zero attached hydrogens (tertiary/aromatic N) is 4. The molecule has 1 amide bonds. The van der Waals surface area contributed by atoms with Crippen molar-refractivity contribution in [1.82, 2.24) is 19.9 Å². The van der Waals surface area contributed by atoms with Crippen LogP contribution in [0.1, 0.15) is 18.9 Å². The lowest BCUT2D eigenvalue weighted by molar-refractivity contribution is -0.117. The Morgan fingerprint density at radius 2 is 1.85 bits per heavy atom. The third kappa shape index (κ3) is 3.57. The Balaban J connectivity index is 1.34. The van der Waals surface area contributed by atoms with E-state index in [1.807, 2.05) is 41.1 Å². The van der Waals surface area contributed by atoms with Crippen LogP contribution < -0.4 is 5.32 Å². The molecular weight excluding hydrogens is 350 g/mol. The molecule has 6 nitrogen and oxygen atoms in total. The summed E-state index contributed by atoms with van der Waals surface area (Å²) in [5, 5.41) is 12.0. The topological polar surface area (TPSA) is 63.1 Å². The molecule has 2 heterocycles. The molecule has 0 saturated carbocycles. The van der Waals surface area contributed by atoms with Gasteiger partial charge in [-0.15, -0.1) is 5.10 Å². The van der Waals surface area contributed by atoms with Crippen molar-refractivity contribution in [3.8, 4) is 0 Å². The number of hydrogen-bond donors (Lipinski definition) is 1. The summed E-state index contributed by atoms with van der Waals surface area (Å²) in [4.78, 5) is 14.4. The van der Waals surface area contributed by atoms with E-state index in [0.717, 1.165) is 37.0 Å². The van der Waals surface area contributed by atoms with E-state index >= 15 is 0 Å². The molecule has 0 atom stereocenters. The molecule has 1 aromatic heterocycles. The number of likely N-dealkylation sites (tertiary alicyclic amines) is 1. The number of carbonyl (C=O) groups excluding carboxylic acids is 1. The molecule has 7 heteroatoms. The van der Waals surface area contributed by atoms with Crippen LogP contribution in [0.15, 0.2) is 48.5 Å². The fourth-order valence-electron chi connectivity index (χ4n) is 3.43. The van der Waals surface area contributed by atoms with Gasteiger partial charge in [-0.3, -0.25) is 9.69 Å². The highest BCUT2D eigenvalue weighted by Gasteiger charge is 2.24. The van der Waals surface area contributed by atoms with Crippen LogP contribution in [0.25, 0.3) is 11.0 Å². The second-order valence-electron chi connectivity index (χ2n) is 6.56. The van der Waals surface area contributed by atoms with Gasteiger partial charge in [0.2, 0.25) is 5.91 Å². The molecule has 134 valence electrons. The van der Waals surface area contributed by atoms with Gasteiger partial charge in [-0.2, -0.15) is 0 Å². The number of aromatic nitrogens is 3. The SMILES string of the molecule is O=C(CN1CCC(n2nnc3ccccc32)CC1)Nc1ccccc1Cl. The third-order valence-electron chi connectivity index (χ3n) is 4.80. The molecule has 1 saturated heterocycles. The second-order valence-corrected chi connectivity index (χ2v) is 6.97. The van der Waals surface area contributed by atoms with Crippen molar-refractivity contribution in [2.75, 3.05) is 25.0 Å². The van der Waals surface area contributed by atoms with Crippen LogP contribution in [0.2, 0.25) is 5.02 Å². The Hall–Kier alpha value is -2.44. The zero-order valence-corrected chi connectivity index (χ0v) is 15.1. The van der Waals surface area contributed by atoms with Crippen molar-refractivity contribution < 1.29 is 4.79 Å². The average Bonchev–Trinajstić information content (AvgIpc) is 3.08. The Morgan fingerprint density at radius 3 is 2.65 bits per heavy atom. The van der Waals surface area contributed by atoms with E-state index < -0.39 is 0 Å². The smallest absolute Gasteiger partial charge is 0.238 e. The Kier molecular flexibility index (Phi) is 4.86. The lowest BCUT2D eigenvalue weighted by atomic mass is 10.0. The maximum absolute atomic E-state index is 12.3. The molecule has 26 heavy (non-hydrogen) atoms. The van der Waals surface area contributed by atoms with Crippen molar-refractivity contribution in [1.29, 1.82) is 0 Å². The highest BCUT2D eigenvalue weighted by molar-refractivity contribution is 6.33. The zero-order valence-electron chi connectivity index (χ0n) is 14.3. The third-order valence-corrected chi connectivity index (χ3v) is 5.13. The van der Waals surface area contributed by atoms with E-state index in [4.69, 9.17) is 11.6 Å². The highest BCUT2D eigenvalue weighted by Crippen LogP contribution is 2.25. The Bertz CT molecular complexity index is 917. The first-order valence-corrected chi connectivity index (χ1v) is 9.15.